The van der Waals surface area contributed by atoms with E-state index in [1.165, 1.54) is 0 Å². The summed E-state index contributed by atoms with van der Waals surface area (Å²) in [5.74, 6) is -0.454. The normalized spacial score (nSPS) is 12.9. The first-order valence-electron chi connectivity index (χ1n) is 5.74. The Morgan fingerprint density at radius 3 is 2.22 bits per heavy atom. The van der Waals surface area contributed by atoms with Crippen LogP contribution in [0, 0.1) is 0 Å². The van der Waals surface area contributed by atoms with E-state index >= 15 is 0 Å². The molecule has 0 spiro atoms. The Kier molecular flexibility index (Phi) is 6.62. The molecule has 7 heteroatoms. The molecule has 0 aliphatic rings. The predicted molar refractivity (Wildman–Crippen MR) is 62.1 cm³/mol. The first kappa shape index (κ1) is 17.2. The minimum atomic E-state index is -4.35. The molecule has 0 aromatic carbocycles. The van der Waals surface area contributed by atoms with Crippen LogP contribution in [0.2, 0.25) is 0 Å². The molecule has 0 bridgehead atoms. The zero-order valence-electron chi connectivity index (χ0n) is 11.0. The number of rotatable bonds is 6. The number of hydrogen-bond acceptors (Lipinski definition) is 3. The van der Waals surface area contributed by atoms with E-state index in [9.17, 15) is 18.0 Å². The Hall–Kier alpha value is -0.820. The highest BCUT2D eigenvalue weighted by atomic mass is 19.4. The molecular formula is C11H21F3N2O2. The zero-order valence-corrected chi connectivity index (χ0v) is 11.0. The molecule has 18 heavy (non-hydrogen) atoms. The maximum Gasteiger partial charge on any atom is 0.401 e. The number of nitrogens with zero attached hydrogens (tertiary/aromatic N) is 1. The number of halogens is 3. The van der Waals surface area contributed by atoms with Crippen molar-refractivity contribution in [1.82, 2.24) is 10.2 Å². The number of amides is 1. The molecule has 2 N–H and O–H groups in total. The number of nitrogens with one attached hydrogen (secondary N) is 1. The molecule has 1 amide bonds. The van der Waals surface area contributed by atoms with Gasteiger partial charge in [0.05, 0.1) is 13.1 Å². The van der Waals surface area contributed by atoms with Crippen LogP contribution in [-0.2, 0) is 4.79 Å². The lowest BCUT2D eigenvalue weighted by molar-refractivity contribution is -0.149. The molecule has 0 rings (SSSR count). The molecule has 0 heterocycles. The van der Waals surface area contributed by atoms with Crippen LogP contribution in [0.15, 0.2) is 0 Å². The van der Waals surface area contributed by atoms with Gasteiger partial charge >= 0.3 is 6.18 Å². The van der Waals surface area contributed by atoms with Crippen LogP contribution in [0.4, 0.5) is 13.2 Å². The molecule has 0 aromatic heterocycles. The molecule has 0 saturated carbocycles. The second kappa shape index (κ2) is 6.94. The molecule has 0 fully saturated rings. The molecule has 0 radical (unpaired) electrons. The fourth-order valence-electron chi connectivity index (χ4n) is 1.42. The molecule has 0 aliphatic carbocycles. The van der Waals surface area contributed by atoms with Gasteiger partial charge in [-0.2, -0.15) is 13.2 Å². The van der Waals surface area contributed by atoms with Crippen molar-refractivity contribution < 1.29 is 23.1 Å². The Morgan fingerprint density at radius 2 is 1.83 bits per heavy atom. The third-order valence-corrected chi connectivity index (χ3v) is 1.92. The highest BCUT2D eigenvalue weighted by molar-refractivity contribution is 5.78. The highest BCUT2D eigenvalue weighted by Gasteiger charge is 2.31. The number of carbonyl (C=O) groups is 1. The van der Waals surface area contributed by atoms with E-state index in [1.54, 1.807) is 20.8 Å². The van der Waals surface area contributed by atoms with Crippen molar-refractivity contribution in [3.8, 4) is 0 Å². The SMILES string of the molecule is CC(C)(C)NC(=O)CN(CCCO)CC(F)(F)F. The van der Waals surface area contributed by atoms with E-state index in [0.717, 1.165) is 4.90 Å². The van der Waals surface area contributed by atoms with Crippen LogP contribution in [0.3, 0.4) is 0 Å². The van der Waals surface area contributed by atoms with Crippen LogP contribution < -0.4 is 5.32 Å². The molecule has 0 atom stereocenters. The Balaban J connectivity index is 4.35. The Morgan fingerprint density at radius 1 is 1.28 bits per heavy atom. The minimum absolute atomic E-state index is 0.0353. The van der Waals surface area contributed by atoms with E-state index in [0.29, 0.717) is 0 Å². The van der Waals surface area contributed by atoms with Crippen molar-refractivity contribution in [2.24, 2.45) is 0 Å². The maximum atomic E-state index is 12.3. The smallest absolute Gasteiger partial charge is 0.396 e. The van der Waals surface area contributed by atoms with Gasteiger partial charge in [0.1, 0.15) is 0 Å². The number of aliphatic hydroxyl groups is 1. The first-order chi connectivity index (χ1) is 8.03. The molecule has 0 unspecified atom stereocenters. The molecular weight excluding hydrogens is 249 g/mol. The lowest BCUT2D eigenvalue weighted by Gasteiger charge is -2.26. The molecule has 108 valence electrons. The Labute approximate surface area is 105 Å². The van der Waals surface area contributed by atoms with Crippen molar-refractivity contribution in [3.63, 3.8) is 0 Å². The van der Waals surface area contributed by atoms with E-state index < -0.39 is 24.2 Å². The summed E-state index contributed by atoms with van der Waals surface area (Å²) in [5.41, 5.74) is -0.474. The van der Waals surface area contributed by atoms with E-state index in [4.69, 9.17) is 5.11 Å². The molecule has 0 saturated heterocycles. The van der Waals surface area contributed by atoms with Crippen molar-refractivity contribution >= 4 is 5.91 Å². The second-order valence-electron chi connectivity index (χ2n) is 5.20. The van der Waals surface area contributed by atoms with E-state index in [1.807, 2.05) is 0 Å². The Bertz CT molecular complexity index is 262. The van der Waals surface area contributed by atoms with Crippen molar-refractivity contribution in [2.75, 3.05) is 26.2 Å². The fraction of sp³-hybridized carbons (Fsp3) is 0.909. The van der Waals surface area contributed by atoms with Gasteiger partial charge in [-0.15, -0.1) is 0 Å². The van der Waals surface area contributed by atoms with E-state index in [2.05, 4.69) is 5.32 Å². The summed E-state index contributed by atoms with van der Waals surface area (Å²) in [6.07, 6.45) is -4.14. The average molecular weight is 270 g/mol. The summed E-state index contributed by atoms with van der Waals surface area (Å²) < 4.78 is 36.9. The highest BCUT2D eigenvalue weighted by Crippen LogP contribution is 2.16. The summed E-state index contributed by atoms with van der Waals surface area (Å²) in [7, 11) is 0. The third-order valence-electron chi connectivity index (χ3n) is 1.92. The second-order valence-corrected chi connectivity index (χ2v) is 5.20. The van der Waals surface area contributed by atoms with Crippen LogP contribution in [0.5, 0.6) is 0 Å². The summed E-state index contributed by atoms with van der Waals surface area (Å²) in [6, 6.07) is 0. The van der Waals surface area contributed by atoms with Crippen LogP contribution in [0.25, 0.3) is 0 Å². The first-order valence-corrected chi connectivity index (χ1v) is 5.74. The molecule has 4 nitrogen and oxygen atoms in total. The average Bonchev–Trinajstić information content (AvgIpc) is 2.08. The van der Waals surface area contributed by atoms with Gasteiger partial charge in [-0.05, 0) is 27.2 Å². The van der Waals surface area contributed by atoms with Gasteiger partial charge in [-0.1, -0.05) is 0 Å². The summed E-state index contributed by atoms with van der Waals surface area (Å²) in [5, 5.41) is 11.2. The van der Waals surface area contributed by atoms with Gasteiger partial charge in [-0.25, -0.2) is 0 Å². The lowest BCUT2D eigenvalue weighted by atomic mass is 10.1. The quantitative estimate of drug-likeness (QED) is 0.761. The zero-order chi connectivity index (χ0) is 14.4. The van der Waals surface area contributed by atoms with Crippen molar-refractivity contribution in [2.45, 2.75) is 38.9 Å². The standard InChI is InChI=1S/C11H21F3N2O2/c1-10(2,3)15-9(18)7-16(5-4-6-17)8-11(12,13)14/h17H,4-8H2,1-3H3,(H,15,18). The fourth-order valence-corrected chi connectivity index (χ4v) is 1.42. The van der Waals surface area contributed by atoms with Crippen LogP contribution >= 0.6 is 0 Å². The van der Waals surface area contributed by atoms with Gasteiger partial charge in [0.2, 0.25) is 5.91 Å². The van der Waals surface area contributed by atoms with E-state index in [-0.39, 0.29) is 26.1 Å². The largest absolute Gasteiger partial charge is 0.401 e. The maximum absolute atomic E-state index is 12.3. The summed E-state index contributed by atoms with van der Waals surface area (Å²) in [4.78, 5) is 12.5. The number of hydrogen-bond donors (Lipinski definition) is 2. The lowest BCUT2D eigenvalue weighted by Crippen LogP contribution is -2.48. The monoisotopic (exact) mass is 270 g/mol. The topological polar surface area (TPSA) is 52.6 Å². The van der Waals surface area contributed by atoms with Crippen LogP contribution in [-0.4, -0.2) is 53.9 Å². The minimum Gasteiger partial charge on any atom is -0.396 e. The number of aliphatic hydroxyl groups excluding tert-OH is 1. The third kappa shape index (κ3) is 10.3. The van der Waals surface area contributed by atoms with Gasteiger partial charge in [0.15, 0.2) is 0 Å². The number of alkyl halides is 3. The van der Waals surface area contributed by atoms with Gasteiger partial charge in [-0.3, -0.25) is 9.69 Å². The van der Waals surface area contributed by atoms with Gasteiger partial charge < -0.3 is 10.4 Å². The van der Waals surface area contributed by atoms with Gasteiger partial charge in [0.25, 0.3) is 0 Å². The molecule has 0 aromatic rings. The summed E-state index contributed by atoms with van der Waals surface area (Å²) >= 11 is 0. The van der Waals surface area contributed by atoms with Gasteiger partial charge in [0, 0.05) is 18.7 Å². The summed E-state index contributed by atoms with van der Waals surface area (Å²) in [6.45, 7) is 3.64. The predicted octanol–water partition coefficient (Wildman–Crippen LogP) is 1.15. The number of carbonyl (C=O) groups excluding carboxylic acids is 1. The van der Waals surface area contributed by atoms with Crippen molar-refractivity contribution in [1.29, 1.82) is 0 Å². The molecule has 0 aliphatic heterocycles. The van der Waals surface area contributed by atoms with Crippen LogP contribution in [0.1, 0.15) is 27.2 Å². The van der Waals surface area contributed by atoms with Crippen molar-refractivity contribution in [3.05, 3.63) is 0 Å².